The number of nitrogens with one attached hydrogen (secondary N) is 1. The molecule has 134 valence electrons. The van der Waals surface area contributed by atoms with E-state index in [1.165, 1.54) is 12.1 Å². The first-order chi connectivity index (χ1) is 12.5. The number of hydrogen-bond acceptors (Lipinski definition) is 4. The number of carbonyl (C=O) groups excluding carboxylic acids is 1. The molecule has 1 aromatic heterocycles. The van der Waals surface area contributed by atoms with Crippen molar-refractivity contribution in [3.8, 4) is 11.4 Å². The van der Waals surface area contributed by atoms with Gasteiger partial charge >= 0.3 is 0 Å². The van der Waals surface area contributed by atoms with E-state index in [4.69, 9.17) is 16.1 Å². The molecule has 0 spiro atoms. The zero-order chi connectivity index (χ0) is 18.5. The number of halogens is 2. The first-order valence-corrected chi connectivity index (χ1v) is 8.52. The van der Waals surface area contributed by atoms with Crippen molar-refractivity contribution in [2.75, 3.05) is 0 Å². The largest absolute Gasteiger partial charge is 0.350 e. The van der Waals surface area contributed by atoms with E-state index < -0.39 is 0 Å². The quantitative estimate of drug-likeness (QED) is 0.698. The van der Waals surface area contributed by atoms with Gasteiger partial charge in [0.1, 0.15) is 5.82 Å². The summed E-state index contributed by atoms with van der Waals surface area (Å²) in [7, 11) is 0. The van der Waals surface area contributed by atoms with Crippen molar-refractivity contribution in [1.29, 1.82) is 0 Å². The van der Waals surface area contributed by atoms with Gasteiger partial charge in [-0.2, -0.15) is 4.98 Å². The van der Waals surface area contributed by atoms with E-state index in [0.717, 1.165) is 5.56 Å². The Morgan fingerprint density at radius 1 is 1.27 bits per heavy atom. The summed E-state index contributed by atoms with van der Waals surface area (Å²) in [5, 5.41) is 7.39. The molecule has 5 nitrogen and oxygen atoms in total. The van der Waals surface area contributed by atoms with Crippen LogP contribution in [0.5, 0.6) is 0 Å². The molecule has 1 N–H and O–H groups in total. The van der Waals surface area contributed by atoms with Gasteiger partial charge in [-0.1, -0.05) is 41.0 Å². The molecule has 0 aliphatic heterocycles. The average molecular weight is 374 g/mol. The number of hydrogen-bond donors (Lipinski definition) is 1. The van der Waals surface area contributed by atoms with Crippen molar-refractivity contribution in [1.82, 2.24) is 15.5 Å². The third-order valence-electron chi connectivity index (χ3n) is 3.86. The average Bonchev–Trinajstić information content (AvgIpc) is 3.09. The Bertz CT molecular complexity index is 896. The first kappa shape index (κ1) is 18.1. The Hall–Kier alpha value is -2.73. The highest BCUT2D eigenvalue weighted by Gasteiger charge is 2.13. The van der Waals surface area contributed by atoms with Crippen LogP contribution < -0.4 is 5.32 Å². The first-order valence-electron chi connectivity index (χ1n) is 8.14. The SMILES string of the molecule is CC(NC(=O)CCc1nc(-c2cccc(F)c2)no1)c1ccc(Cl)cc1. The smallest absolute Gasteiger partial charge is 0.227 e. The number of rotatable bonds is 6. The third kappa shape index (κ3) is 4.67. The van der Waals surface area contributed by atoms with E-state index in [-0.39, 0.29) is 24.2 Å². The lowest BCUT2D eigenvalue weighted by atomic mass is 10.1. The molecule has 0 radical (unpaired) electrons. The maximum absolute atomic E-state index is 13.3. The molecule has 0 fully saturated rings. The van der Waals surface area contributed by atoms with Gasteiger partial charge in [0.25, 0.3) is 0 Å². The topological polar surface area (TPSA) is 68.0 Å². The highest BCUT2D eigenvalue weighted by atomic mass is 35.5. The molecule has 0 saturated heterocycles. The van der Waals surface area contributed by atoms with Gasteiger partial charge in [-0.15, -0.1) is 0 Å². The van der Waals surface area contributed by atoms with Crippen LogP contribution in [-0.2, 0) is 11.2 Å². The molecule has 3 aromatic rings. The minimum absolute atomic E-state index is 0.127. The fourth-order valence-corrected chi connectivity index (χ4v) is 2.60. The maximum atomic E-state index is 13.3. The summed E-state index contributed by atoms with van der Waals surface area (Å²) in [6.07, 6.45) is 0.518. The molecule has 0 aliphatic carbocycles. The Morgan fingerprint density at radius 3 is 2.77 bits per heavy atom. The van der Waals surface area contributed by atoms with Gasteiger partial charge in [0.15, 0.2) is 0 Å². The fourth-order valence-electron chi connectivity index (χ4n) is 2.47. The van der Waals surface area contributed by atoms with Crippen LogP contribution in [0.3, 0.4) is 0 Å². The lowest BCUT2D eigenvalue weighted by Gasteiger charge is -2.14. The number of aryl methyl sites for hydroxylation is 1. The van der Waals surface area contributed by atoms with E-state index >= 15 is 0 Å². The molecular weight excluding hydrogens is 357 g/mol. The van der Waals surface area contributed by atoms with Crippen LogP contribution in [0.4, 0.5) is 4.39 Å². The minimum Gasteiger partial charge on any atom is -0.350 e. The Kier molecular flexibility index (Phi) is 5.63. The Balaban J connectivity index is 1.54. The molecule has 1 atom stereocenters. The van der Waals surface area contributed by atoms with E-state index in [0.29, 0.717) is 28.7 Å². The highest BCUT2D eigenvalue weighted by Crippen LogP contribution is 2.18. The molecule has 1 amide bonds. The summed E-state index contributed by atoms with van der Waals surface area (Å²) in [6, 6.07) is 13.1. The van der Waals surface area contributed by atoms with Crippen LogP contribution >= 0.6 is 11.6 Å². The number of benzene rings is 2. The molecule has 2 aromatic carbocycles. The number of carbonyl (C=O) groups is 1. The molecule has 3 rings (SSSR count). The normalized spacial score (nSPS) is 12.0. The van der Waals surface area contributed by atoms with Gasteiger partial charge in [0.2, 0.25) is 17.6 Å². The lowest BCUT2D eigenvalue weighted by molar-refractivity contribution is -0.121. The second-order valence-corrected chi connectivity index (χ2v) is 6.30. The lowest BCUT2D eigenvalue weighted by Crippen LogP contribution is -2.26. The van der Waals surface area contributed by atoms with Crippen LogP contribution in [0, 0.1) is 5.82 Å². The van der Waals surface area contributed by atoms with Crippen LogP contribution in [0.15, 0.2) is 53.1 Å². The van der Waals surface area contributed by atoms with E-state index in [2.05, 4.69) is 15.5 Å². The molecule has 1 heterocycles. The van der Waals surface area contributed by atoms with Crippen molar-refractivity contribution >= 4 is 17.5 Å². The number of amides is 1. The Morgan fingerprint density at radius 2 is 2.04 bits per heavy atom. The zero-order valence-electron chi connectivity index (χ0n) is 14.1. The van der Waals surface area contributed by atoms with Gasteiger partial charge in [0, 0.05) is 23.4 Å². The molecule has 0 bridgehead atoms. The summed E-state index contributed by atoms with van der Waals surface area (Å²) in [4.78, 5) is 16.3. The molecule has 7 heteroatoms. The summed E-state index contributed by atoms with van der Waals surface area (Å²) in [5.74, 6) is 0.135. The van der Waals surface area contributed by atoms with Crippen molar-refractivity contribution in [3.63, 3.8) is 0 Å². The van der Waals surface area contributed by atoms with Gasteiger partial charge in [-0.3, -0.25) is 4.79 Å². The minimum atomic E-state index is -0.371. The third-order valence-corrected chi connectivity index (χ3v) is 4.12. The summed E-state index contributed by atoms with van der Waals surface area (Å²) in [5.41, 5.74) is 1.50. The molecule has 26 heavy (non-hydrogen) atoms. The van der Waals surface area contributed by atoms with E-state index in [1.54, 1.807) is 24.3 Å². The summed E-state index contributed by atoms with van der Waals surface area (Å²) in [6.45, 7) is 1.90. The van der Waals surface area contributed by atoms with Gasteiger partial charge < -0.3 is 9.84 Å². The number of aromatic nitrogens is 2. The summed E-state index contributed by atoms with van der Waals surface area (Å²) < 4.78 is 18.4. The maximum Gasteiger partial charge on any atom is 0.227 e. The summed E-state index contributed by atoms with van der Waals surface area (Å²) >= 11 is 5.86. The van der Waals surface area contributed by atoms with E-state index in [1.807, 2.05) is 19.1 Å². The standard InChI is InChI=1S/C19H17ClFN3O2/c1-12(13-5-7-15(20)8-6-13)22-17(25)9-10-18-23-19(24-26-18)14-3-2-4-16(21)11-14/h2-8,11-12H,9-10H2,1H3,(H,22,25). The van der Waals surface area contributed by atoms with Crippen molar-refractivity contribution in [2.24, 2.45) is 0 Å². The van der Waals surface area contributed by atoms with Crippen molar-refractivity contribution in [2.45, 2.75) is 25.8 Å². The second kappa shape index (κ2) is 8.10. The van der Waals surface area contributed by atoms with Crippen molar-refractivity contribution < 1.29 is 13.7 Å². The second-order valence-electron chi connectivity index (χ2n) is 5.86. The van der Waals surface area contributed by atoms with Gasteiger partial charge in [0.05, 0.1) is 6.04 Å². The molecule has 1 unspecified atom stereocenters. The van der Waals surface area contributed by atoms with Crippen LogP contribution in [0.2, 0.25) is 5.02 Å². The van der Waals surface area contributed by atoms with Crippen molar-refractivity contribution in [3.05, 3.63) is 70.8 Å². The number of nitrogens with zero attached hydrogens (tertiary/aromatic N) is 2. The zero-order valence-corrected chi connectivity index (χ0v) is 14.8. The van der Waals surface area contributed by atoms with Crippen LogP contribution in [0.25, 0.3) is 11.4 Å². The monoisotopic (exact) mass is 373 g/mol. The van der Waals surface area contributed by atoms with Gasteiger partial charge in [-0.05, 0) is 36.8 Å². The Labute approximate surface area is 155 Å². The molecule has 0 saturated carbocycles. The van der Waals surface area contributed by atoms with Gasteiger partial charge in [-0.25, -0.2) is 4.39 Å². The molecule has 0 aliphatic rings. The van der Waals surface area contributed by atoms with E-state index in [9.17, 15) is 9.18 Å². The fraction of sp³-hybridized carbons (Fsp3) is 0.211. The van der Waals surface area contributed by atoms with Crippen LogP contribution in [-0.4, -0.2) is 16.0 Å². The predicted molar refractivity (Wildman–Crippen MR) is 96.0 cm³/mol. The molecular formula is C19H17ClFN3O2. The predicted octanol–water partition coefficient (Wildman–Crippen LogP) is 4.34. The highest BCUT2D eigenvalue weighted by molar-refractivity contribution is 6.30. The van der Waals surface area contributed by atoms with Crippen LogP contribution in [0.1, 0.15) is 30.8 Å².